The molecule has 0 radical (unpaired) electrons. The first-order valence-electron chi connectivity index (χ1n) is 9.77. The molecule has 154 valence electrons. The van der Waals surface area contributed by atoms with Gasteiger partial charge in [-0.3, -0.25) is 0 Å². The fraction of sp³-hybridized carbons (Fsp3) is 0.200. The van der Waals surface area contributed by atoms with E-state index in [1.807, 2.05) is 66.7 Å². The number of nitrogens with zero attached hydrogens (tertiary/aromatic N) is 2. The number of methoxy groups -OCH3 is 1. The Morgan fingerprint density at radius 2 is 1.32 bits per heavy atom. The third-order valence-corrected chi connectivity index (χ3v) is 4.09. The molecule has 3 aromatic carbocycles. The Labute approximate surface area is 205 Å². The normalized spacial score (nSPS) is 10.5. The van der Waals surface area contributed by atoms with E-state index in [1.54, 1.807) is 27.9 Å². The molecule has 1 heterocycles. The van der Waals surface area contributed by atoms with Gasteiger partial charge in [0.05, 0.1) is 7.11 Å². The molecular formula is C25H26N3NaO2. The molecule has 4 rings (SSSR count). The summed E-state index contributed by atoms with van der Waals surface area (Å²) in [6, 6.07) is 26.0. The minimum atomic E-state index is -0.750. The molecule has 0 bridgehead atoms. The van der Waals surface area contributed by atoms with Crippen LogP contribution < -0.4 is 44.7 Å². The number of hydrogen-bond donors (Lipinski definition) is 1. The maximum Gasteiger partial charge on any atom is 1.00 e. The molecule has 0 unspecified atom stereocenters. The molecule has 4 aromatic rings. The molecule has 0 saturated heterocycles. The largest absolute Gasteiger partial charge is 1.00 e. The smallest absolute Gasteiger partial charge is 0.850 e. The Morgan fingerprint density at radius 1 is 0.774 bits per heavy atom. The summed E-state index contributed by atoms with van der Waals surface area (Å²) in [5, 5.41) is 24.5. The van der Waals surface area contributed by atoms with Gasteiger partial charge in [-0.15, -0.1) is 15.8 Å². The van der Waals surface area contributed by atoms with E-state index in [1.165, 1.54) is 0 Å². The van der Waals surface area contributed by atoms with E-state index in [2.05, 4.69) is 27.6 Å². The third kappa shape index (κ3) is 7.33. The number of benzene rings is 3. The van der Waals surface area contributed by atoms with E-state index in [0.29, 0.717) is 0 Å². The van der Waals surface area contributed by atoms with Crippen molar-refractivity contribution < 1.29 is 39.4 Å². The summed E-state index contributed by atoms with van der Waals surface area (Å²) in [6.45, 7) is 4.90. The zero-order chi connectivity index (χ0) is 21.6. The second kappa shape index (κ2) is 11.3. The number of hydrogen-bond acceptors (Lipinski definition) is 5. The van der Waals surface area contributed by atoms with Crippen LogP contribution in [-0.2, 0) is 0 Å². The summed E-state index contributed by atoms with van der Waals surface area (Å²) in [5.41, 5.74) is 2.13. The van der Waals surface area contributed by atoms with Gasteiger partial charge < -0.3 is 15.2 Å². The van der Waals surface area contributed by atoms with Crippen molar-refractivity contribution in [2.45, 2.75) is 26.4 Å². The predicted octanol–water partition coefficient (Wildman–Crippen LogP) is 2.20. The Kier molecular flexibility index (Phi) is 9.01. The molecule has 0 amide bonds. The summed E-state index contributed by atoms with van der Waals surface area (Å²) in [4.78, 5) is 0. The molecule has 31 heavy (non-hydrogen) atoms. The Hall–Kier alpha value is -2.44. The van der Waals surface area contributed by atoms with Crippen molar-refractivity contribution in [2.24, 2.45) is 0 Å². The summed E-state index contributed by atoms with van der Waals surface area (Å²) < 4.78 is 5.20. The molecule has 6 heteroatoms. The molecule has 0 spiro atoms. The Balaban J connectivity index is 0.000000514. The maximum absolute atomic E-state index is 10.1. The van der Waals surface area contributed by atoms with E-state index >= 15 is 0 Å². The first-order chi connectivity index (χ1) is 14.3. The summed E-state index contributed by atoms with van der Waals surface area (Å²) >= 11 is 0. The van der Waals surface area contributed by atoms with Crippen LogP contribution in [0.2, 0.25) is 0 Å². The average Bonchev–Trinajstić information content (AvgIpc) is 2.74. The van der Waals surface area contributed by atoms with Crippen molar-refractivity contribution in [1.29, 1.82) is 0 Å². The van der Waals surface area contributed by atoms with Gasteiger partial charge >= 0.3 is 29.6 Å². The molecule has 1 N–H and O–H groups in total. The van der Waals surface area contributed by atoms with Gasteiger partial charge in [-0.05, 0) is 24.3 Å². The van der Waals surface area contributed by atoms with Crippen LogP contribution in [0.1, 0.15) is 20.8 Å². The number of nitrogens with one attached hydrogen (secondary N) is 1. The minimum absolute atomic E-state index is 0. The van der Waals surface area contributed by atoms with Gasteiger partial charge in [0, 0.05) is 22.0 Å². The van der Waals surface area contributed by atoms with Crippen molar-refractivity contribution >= 4 is 22.3 Å². The summed E-state index contributed by atoms with van der Waals surface area (Å²) in [7, 11) is 1.66. The standard InChI is InChI=1S/C21H17N3O.C4H9O.Na/c1-25-17-13-11-16(12-14-17)22-21-19-10-6-5-9-18(19)20(23-24-21)15-7-3-2-4-8-15;1-4(2,3)5;/h2-14H,1H3,(H,22,24);1-3H3;/q;-1;+1. The summed E-state index contributed by atoms with van der Waals surface area (Å²) in [6.07, 6.45) is 0. The number of rotatable bonds is 4. The van der Waals surface area contributed by atoms with Gasteiger partial charge in [-0.2, -0.15) is 0 Å². The number of anilines is 2. The zero-order valence-corrected chi connectivity index (χ0v) is 20.7. The van der Waals surface area contributed by atoms with Gasteiger partial charge in [-0.1, -0.05) is 75.4 Å². The first kappa shape index (κ1) is 24.8. The SMILES string of the molecule is CC(C)(C)[O-].COc1ccc(Nc2nnc(-c3ccccc3)c3ccccc23)cc1.[Na+]. The molecule has 0 atom stereocenters. The van der Waals surface area contributed by atoms with Gasteiger partial charge in [0.25, 0.3) is 0 Å². The second-order valence-electron chi connectivity index (χ2n) is 7.77. The van der Waals surface area contributed by atoms with Crippen molar-refractivity contribution in [3.8, 4) is 17.0 Å². The number of ether oxygens (including phenoxy) is 1. The van der Waals surface area contributed by atoms with Crippen LogP contribution in [0.15, 0.2) is 78.9 Å². The molecular weight excluding hydrogens is 397 g/mol. The second-order valence-corrected chi connectivity index (χ2v) is 7.77. The molecule has 0 aliphatic carbocycles. The molecule has 0 aliphatic heterocycles. The van der Waals surface area contributed by atoms with Crippen molar-refractivity contribution in [2.75, 3.05) is 12.4 Å². The van der Waals surface area contributed by atoms with Gasteiger partial charge in [0.1, 0.15) is 11.4 Å². The van der Waals surface area contributed by atoms with Crippen LogP contribution in [0.25, 0.3) is 22.0 Å². The Morgan fingerprint density at radius 3 is 1.90 bits per heavy atom. The van der Waals surface area contributed by atoms with E-state index in [9.17, 15) is 5.11 Å². The van der Waals surface area contributed by atoms with E-state index in [-0.39, 0.29) is 29.6 Å². The van der Waals surface area contributed by atoms with Gasteiger partial charge in [0.2, 0.25) is 0 Å². The monoisotopic (exact) mass is 423 g/mol. The predicted molar refractivity (Wildman–Crippen MR) is 121 cm³/mol. The fourth-order valence-electron chi connectivity index (χ4n) is 2.82. The quantitative estimate of drug-likeness (QED) is 0.510. The zero-order valence-electron chi connectivity index (χ0n) is 18.7. The third-order valence-electron chi connectivity index (χ3n) is 4.09. The van der Waals surface area contributed by atoms with Crippen LogP contribution in [-0.4, -0.2) is 22.9 Å². The van der Waals surface area contributed by atoms with Crippen LogP contribution in [0.5, 0.6) is 5.75 Å². The van der Waals surface area contributed by atoms with E-state index in [4.69, 9.17) is 4.74 Å². The Bertz CT molecular complexity index is 1090. The molecule has 5 nitrogen and oxygen atoms in total. The molecule has 0 aliphatic rings. The van der Waals surface area contributed by atoms with Crippen molar-refractivity contribution in [1.82, 2.24) is 10.2 Å². The first-order valence-corrected chi connectivity index (χ1v) is 9.77. The molecule has 1 aromatic heterocycles. The van der Waals surface area contributed by atoms with Gasteiger partial charge in [0.15, 0.2) is 5.82 Å². The maximum atomic E-state index is 10.1. The molecule has 0 saturated carbocycles. The van der Waals surface area contributed by atoms with E-state index < -0.39 is 5.60 Å². The van der Waals surface area contributed by atoms with Crippen molar-refractivity contribution in [3.63, 3.8) is 0 Å². The summed E-state index contributed by atoms with van der Waals surface area (Å²) in [5.74, 6) is 1.56. The molecule has 0 fully saturated rings. The topological polar surface area (TPSA) is 70.1 Å². The van der Waals surface area contributed by atoms with Gasteiger partial charge in [-0.25, -0.2) is 0 Å². The van der Waals surface area contributed by atoms with Crippen LogP contribution >= 0.6 is 0 Å². The average molecular weight is 423 g/mol. The fourth-order valence-corrected chi connectivity index (χ4v) is 2.82. The van der Waals surface area contributed by atoms with Crippen LogP contribution in [0.3, 0.4) is 0 Å². The number of fused-ring (bicyclic) bond motifs is 1. The minimum Gasteiger partial charge on any atom is -0.850 e. The van der Waals surface area contributed by atoms with Crippen LogP contribution in [0, 0.1) is 0 Å². The van der Waals surface area contributed by atoms with E-state index in [0.717, 1.165) is 39.3 Å². The van der Waals surface area contributed by atoms with Crippen LogP contribution in [0.4, 0.5) is 11.5 Å². The number of aromatic nitrogens is 2. The van der Waals surface area contributed by atoms with Crippen molar-refractivity contribution in [3.05, 3.63) is 78.9 Å².